The van der Waals surface area contributed by atoms with Crippen LogP contribution in [-0.2, 0) is 11.0 Å². The Kier molecular flexibility index (Phi) is 2.73. The third-order valence-electron chi connectivity index (χ3n) is 2.66. The molecule has 1 heterocycles. The second-order valence-electron chi connectivity index (χ2n) is 3.85. The van der Waals surface area contributed by atoms with Crippen molar-refractivity contribution in [2.75, 3.05) is 10.6 Å². The van der Waals surface area contributed by atoms with Crippen LogP contribution < -0.4 is 10.6 Å². The van der Waals surface area contributed by atoms with Crippen LogP contribution in [0.1, 0.15) is 18.9 Å². The molecule has 1 atom stereocenters. The van der Waals surface area contributed by atoms with Gasteiger partial charge in [0.2, 0.25) is 5.91 Å². The zero-order chi connectivity index (χ0) is 12.6. The number of anilines is 2. The summed E-state index contributed by atoms with van der Waals surface area (Å²) < 4.78 is 37.5. The number of benzene rings is 1. The van der Waals surface area contributed by atoms with Gasteiger partial charge in [-0.1, -0.05) is 6.92 Å². The molecule has 1 aromatic rings. The van der Waals surface area contributed by atoms with E-state index in [9.17, 15) is 18.0 Å². The van der Waals surface area contributed by atoms with Crippen LogP contribution in [0.25, 0.3) is 0 Å². The summed E-state index contributed by atoms with van der Waals surface area (Å²) in [5.74, 6) is -0.222. The fourth-order valence-corrected chi connectivity index (χ4v) is 1.71. The van der Waals surface area contributed by atoms with Gasteiger partial charge in [-0.25, -0.2) is 0 Å². The lowest BCUT2D eigenvalue weighted by Crippen LogP contribution is -2.38. The summed E-state index contributed by atoms with van der Waals surface area (Å²) in [7, 11) is 0. The molecule has 0 saturated carbocycles. The van der Waals surface area contributed by atoms with E-state index in [-0.39, 0.29) is 5.91 Å². The first-order chi connectivity index (χ1) is 7.91. The highest BCUT2D eigenvalue weighted by Gasteiger charge is 2.32. The van der Waals surface area contributed by atoms with Crippen molar-refractivity contribution in [2.24, 2.45) is 0 Å². The van der Waals surface area contributed by atoms with Gasteiger partial charge >= 0.3 is 6.18 Å². The molecule has 0 saturated heterocycles. The van der Waals surface area contributed by atoms with Crippen LogP contribution in [0.5, 0.6) is 0 Å². The van der Waals surface area contributed by atoms with Crippen LogP contribution in [0, 0.1) is 0 Å². The molecule has 17 heavy (non-hydrogen) atoms. The van der Waals surface area contributed by atoms with E-state index in [1.807, 2.05) is 0 Å². The summed E-state index contributed by atoms with van der Waals surface area (Å²) in [5, 5.41) is 5.37. The Morgan fingerprint density at radius 1 is 1.29 bits per heavy atom. The fourth-order valence-electron chi connectivity index (χ4n) is 1.71. The van der Waals surface area contributed by atoms with Crippen molar-refractivity contribution in [1.82, 2.24) is 0 Å². The Morgan fingerprint density at radius 2 is 2.00 bits per heavy atom. The highest BCUT2D eigenvalue weighted by atomic mass is 19.4. The van der Waals surface area contributed by atoms with Gasteiger partial charge in [-0.15, -0.1) is 0 Å². The lowest BCUT2D eigenvalue weighted by atomic mass is 10.1. The van der Waals surface area contributed by atoms with Crippen molar-refractivity contribution in [3.8, 4) is 0 Å². The number of amides is 1. The van der Waals surface area contributed by atoms with Crippen LogP contribution in [0.3, 0.4) is 0 Å². The minimum atomic E-state index is -4.38. The van der Waals surface area contributed by atoms with Crippen molar-refractivity contribution in [3.05, 3.63) is 23.8 Å². The molecule has 92 valence electrons. The highest BCUT2D eigenvalue weighted by molar-refractivity contribution is 6.02. The van der Waals surface area contributed by atoms with Gasteiger partial charge in [-0.05, 0) is 24.6 Å². The highest BCUT2D eigenvalue weighted by Crippen LogP contribution is 2.35. The number of nitrogens with one attached hydrogen (secondary N) is 2. The molecule has 0 aliphatic carbocycles. The largest absolute Gasteiger partial charge is 0.416 e. The van der Waals surface area contributed by atoms with E-state index in [0.29, 0.717) is 17.8 Å². The molecule has 3 nitrogen and oxygen atoms in total. The monoisotopic (exact) mass is 244 g/mol. The minimum Gasteiger partial charge on any atom is -0.372 e. The lowest BCUT2D eigenvalue weighted by molar-refractivity contribution is -0.137. The topological polar surface area (TPSA) is 41.1 Å². The van der Waals surface area contributed by atoms with Crippen molar-refractivity contribution in [2.45, 2.75) is 25.6 Å². The lowest BCUT2D eigenvalue weighted by Gasteiger charge is -2.26. The third kappa shape index (κ3) is 2.20. The average Bonchev–Trinajstić information content (AvgIpc) is 2.26. The first kappa shape index (κ1) is 11.8. The molecule has 0 bridgehead atoms. The summed E-state index contributed by atoms with van der Waals surface area (Å²) in [6, 6.07) is 2.74. The maximum Gasteiger partial charge on any atom is 0.416 e. The zero-order valence-corrected chi connectivity index (χ0v) is 9.06. The van der Waals surface area contributed by atoms with E-state index >= 15 is 0 Å². The van der Waals surface area contributed by atoms with Crippen molar-refractivity contribution in [1.29, 1.82) is 0 Å². The number of hydrogen-bond acceptors (Lipinski definition) is 2. The van der Waals surface area contributed by atoms with Gasteiger partial charge in [0.25, 0.3) is 0 Å². The molecule has 6 heteroatoms. The van der Waals surface area contributed by atoms with Gasteiger partial charge < -0.3 is 10.6 Å². The van der Waals surface area contributed by atoms with Crippen molar-refractivity contribution >= 4 is 17.3 Å². The second kappa shape index (κ2) is 3.94. The van der Waals surface area contributed by atoms with E-state index in [2.05, 4.69) is 10.6 Å². The predicted molar refractivity (Wildman–Crippen MR) is 57.8 cm³/mol. The average molecular weight is 244 g/mol. The number of hydrogen-bond donors (Lipinski definition) is 2. The molecule has 2 rings (SSSR count). The first-order valence-electron chi connectivity index (χ1n) is 5.20. The summed E-state index contributed by atoms with van der Waals surface area (Å²) in [5.41, 5.74) is -0.0336. The molecule has 1 aromatic carbocycles. The van der Waals surface area contributed by atoms with Gasteiger partial charge in [-0.2, -0.15) is 13.2 Å². The van der Waals surface area contributed by atoms with Crippen LogP contribution in [0.15, 0.2) is 18.2 Å². The summed E-state index contributed by atoms with van der Waals surface area (Å²) in [6.45, 7) is 1.79. The summed E-state index contributed by atoms with van der Waals surface area (Å²) in [4.78, 5) is 11.5. The van der Waals surface area contributed by atoms with Crippen LogP contribution in [0.4, 0.5) is 24.5 Å². The quantitative estimate of drug-likeness (QED) is 0.797. The SMILES string of the molecule is CCC1Nc2cc(C(F)(F)F)ccc2NC1=O. The van der Waals surface area contributed by atoms with Gasteiger partial charge in [-0.3, -0.25) is 4.79 Å². The predicted octanol–water partition coefficient (Wildman–Crippen LogP) is 2.85. The van der Waals surface area contributed by atoms with Crippen LogP contribution in [0.2, 0.25) is 0 Å². The minimum absolute atomic E-state index is 0.222. The van der Waals surface area contributed by atoms with Gasteiger partial charge in [0.05, 0.1) is 16.9 Å². The van der Waals surface area contributed by atoms with Crippen molar-refractivity contribution < 1.29 is 18.0 Å². The third-order valence-corrected chi connectivity index (χ3v) is 2.66. The molecular formula is C11H11F3N2O. The molecule has 0 fully saturated rings. The molecule has 1 unspecified atom stereocenters. The molecule has 0 aromatic heterocycles. The number of halogens is 3. The Morgan fingerprint density at radius 3 is 2.59 bits per heavy atom. The maximum absolute atomic E-state index is 12.5. The van der Waals surface area contributed by atoms with E-state index in [1.165, 1.54) is 6.07 Å². The Hall–Kier alpha value is -1.72. The van der Waals surface area contributed by atoms with Gasteiger partial charge in [0.15, 0.2) is 0 Å². The van der Waals surface area contributed by atoms with E-state index in [0.717, 1.165) is 12.1 Å². The maximum atomic E-state index is 12.5. The molecular weight excluding hydrogens is 233 g/mol. The Labute approximate surface area is 96.0 Å². The number of carbonyl (C=O) groups is 1. The normalized spacial score (nSPS) is 19.3. The van der Waals surface area contributed by atoms with Gasteiger partial charge in [0, 0.05) is 0 Å². The van der Waals surface area contributed by atoms with Gasteiger partial charge in [0.1, 0.15) is 6.04 Å². The zero-order valence-electron chi connectivity index (χ0n) is 9.06. The molecule has 1 amide bonds. The van der Waals surface area contributed by atoms with E-state index in [1.54, 1.807) is 6.92 Å². The number of rotatable bonds is 1. The molecule has 1 aliphatic heterocycles. The molecule has 1 aliphatic rings. The van der Waals surface area contributed by atoms with Crippen molar-refractivity contribution in [3.63, 3.8) is 0 Å². The summed E-state index contributed by atoms with van der Waals surface area (Å²) in [6.07, 6.45) is -3.86. The number of alkyl halides is 3. The Balaban J connectivity index is 2.37. The second-order valence-corrected chi connectivity index (χ2v) is 3.85. The standard InChI is InChI=1S/C11H11F3N2O/c1-2-7-10(17)16-8-4-3-6(11(12,13)14)5-9(8)15-7/h3-5,7,15H,2H2,1H3,(H,16,17). The Bertz CT molecular complexity index is 457. The molecule has 0 radical (unpaired) electrons. The van der Waals surface area contributed by atoms with Crippen LogP contribution in [-0.4, -0.2) is 11.9 Å². The molecule has 0 spiro atoms. The fraction of sp³-hybridized carbons (Fsp3) is 0.364. The van der Waals surface area contributed by atoms with Crippen LogP contribution >= 0.6 is 0 Å². The first-order valence-corrected chi connectivity index (χ1v) is 5.20. The number of fused-ring (bicyclic) bond motifs is 1. The molecule has 2 N–H and O–H groups in total. The van der Waals surface area contributed by atoms with E-state index in [4.69, 9.17) is 0 Å². The number of carbonyl (C=O) groups excluding carboxylic acids is 1. The summed E-state index contributed by atoms with van der Waals surface area (Å²) >= 11 is 0. The van der Waals surface area contributed by atoms with E-state index < -0.39 is 17.8 Å². The smallest absolute Gasteiger partial charge is 0.372 e.